The van der Waals surface area contributed by atoms with E-state index in [-0.39, 0.29) is 11.4 Å². The average molecular weight is 241 g/mol. The number of aryl methyl sites for hydroxylation is 1. The van der Waals surface area contributed by atoms with E-state index in [4.69, 9.17) is 5.73 Å². The van der Waals surface area contributed by atoms with Crippen LogP contribution in [0.1, 0.15) is 42.2 Å². The molecule has 0 radical (unpaired) electrons. The van der Waals surface area contributed by atoms with E-state index in [2.05, 4.69) is 10.3 Å². The zero-order valence-electron chi connectivity index (χ0n) is 10.0. The molecule has 16 heavy (non-hydrogen) atoms. The Bertz CT molecular complexity index is 350. The fourth-order valence-corrected chi connectivity index (χ4v) is 2.13. The lowest BCUT2D eigenvalue weighted by molar-refractivity contribution is 0.0890. The van der Waals surface area contributed by atoms with Crippen LogP contribution in [-0.4, -0.2) is 23.0 Å². The predicted molar refractivity (Wildman–Crippen MR) is 66.7 cm³/mol. The molecule has 0 spiro atoms. The van der Waals surface area contributed by atoms with Crippen LogP contribution < -0.4 is 11.1 Å². The van der Waals surface area contributed by atoms with Gasteiger partial charge in [-0.25, -0.2) is 4.98 Å². The summed E-state index contributed by atoms with van der Waals surface area (Å²) in [5.41, 5.74) is 5.92. The van der Waals surface area contributed by atoms with Crippen LogP contribution >= 0.6 is 11.3 Å². The van der Waals surface area contributed by atoms with Crippen molar-refractivity contribution in [3.05, 3.63) is 16.1 Å². The van der Waals surface area contributed by atoms with Crippen molar-refractivity contribution in [2.24, 2.45) is 5.73 Å². The van der Waals surface area contributed by atoms with E-state index in [0.29, 0.717) is 12.2 Å². The quantitative estimate of drug-likeness (QED) is 0.824. The lowest BCUT2D eigenvalue weighted by Gasteiger charge is -2.31. The number of nitrogens with zero attached hydrogens (tertiary/aromatic N) is 1. The number of hydrogen-bond donors (Lipinski definition) is 2. The summed E-state index contributed by atoms with van der Waals surface area (Å²) in [6.45, 7) is 6.40. The van der Waals surface area contributed by atoms with Gasteiger partial charge in [0.05, 0.1) is 10.5 Å². The Labute approximate surface area is 100 Å². The maximum atomic E-state index is 11.9. The van der Waals surface area contributed by atoms with Gasteiger partial charge in [-0.3, -0.25) is 4.79 Å². The second kappa shape index (κ2) is 5.41. The van der Waals surface area contributed by atoms with Gasteiger partial charge in [-0.2, -0.15) is 0 Å². The van der Waals surface area contributed by atoms with Gasteiger partial charge in [0, 0.05) is 11.9 Å². The monoisotopic (exact) mass is 241 g/mol. The Morgan fingerprint density at radius 3 is 2.56 bits per heavy atom. The molecule has 0 aliphatic rings. The first-order valence-corrected chi connectivity index (χ1v) is 6.39. The molecule has 0 atom stereocenters. The molecule has 0 aliphatic carbocycles. The van der Waals surface area contributed by atoms with Crippen LogP contribution in [0.2, 0.25) is 0 Å². The minimum absolute atomic E-state index is 0.126. The first-order valence-electron chi connectivity index (χ1n) is 5.51. The second-order valence-electron chi connectivity index (χ2n) is 3.90. The molecule has 90 valence electrons. The van der Waals surface area contributed by atoms with Crippen LogP contribution in [0.15, 0.2) is 5.38 Å². The van der Waals surface area contributed by atoms with Gasteiger partial charge < -0.3 is 11.1 Å². The molecule has 0 fully saturated rings. The minimum atomic E-state index is -0.297. The summed E-state index contributed by atoms with van der Waals surface area (Å²) in [6, 6.07) is 0. The van der Waals surface area contributed by atoms with Gasteiger partial charge in [0.15, 0.2) is 0 Å². The smallest absolute Gasteiger partial charge is 0.271 e. The lowest BCUT2D eigenvalue weighted by atomic mass is 9.93. The summed E-state index contributed by atoms with van der Waals surface area (Å²) in [4.78, 5) is 16.1. The summed E-state index contributed by atoms with van der Waals surface area (Å²) < 4.78 is 0. The third-order valence-electron chi connectivity index (χ3n) is 2.97. The molecule has 4 nitrogen and oxygen atoms in total. The van der Waals surface area contributed by atoms with Crippen molar-refractivity contribution < 1.29 is 4.79 Å². The number of hydrogen-bond acceptors (Lipinski definition) is 4. The molecular formula is C11H19N3OS. The zero-order valence-corrected chi connectivity index (χ0v) is 10.9. The number of aromatic nitrogens is 1. The van der Waals surface area contributed by atoms with E-state index in [1.165, 1.54) is 11.3 Å². The number of thiazole rings is 1. The summed E-state index contributed by atoms with van der Waals surface area (Å²) >= 11 is 1.48. The summed E-state index contributed by atoms with van der Waals surface area (Å²) in [7, 11) is 0. The van der Waals surface area contributed by atoms with Gasteiger partial charge in [-0.15, -0.1) is 11.3 Å². The predicted octanol–water partition coefficient (Wildman–Crippen LogP) is 1.70. The topological polar surface area (TPSA) is 68.0 Å². The van der Waals surface area contributed by atoms with E-state index >= 15 is 0 Å². The minimum Gasteiger partial charge on any atom is -0.344 e. The van der Waals surface area contributed by atoms with Crippen molar-refractivity contribution in [3.8, 4) is 0 Å². The second-order valence-corrected chi connectivity index (χ2v) is 4.96. The standard InChI is InChI=1S/C11H19N3OS/c1-4-11(5-2,7-12)14-10(15)9-6-16-8(3)13-9/h6H,4-5,7,12H2,1-3H3,(H,14,15). The molecule has 1 amide bonds. The number of amides is 1. The first kappa shape index (κ1) is 13.1. The van der Waals surface area contributed by atoms with Crippen molar-refractivity contribution in [2.45, 2.75) is 39.2 Å². The molecule has 0 saturated carbocycles. The van der Waals surface area contributed by atoms with Crippen LogP contribution in [0.3, 0.4) is 0 Å². The fourth-order valence-electron chi connectivity index (χ4n) is 1.54. The molecular weight excluding hydrogens is 222 g/mol. The van der Waals surface area contributed by atoms with Crippen molar-refractivity contribution in [1.29, 1.82) is 0 Å². The SMILES string of the molecule is CCC(CC)(CN)NC(=O)c1csc(C)n1. The summed E-state index contributed by atoms with van der Waals surface area (Å²) in [6.07, 6.45) is 1.66. The number of carbonyl (C=O) groups excluding carboxylic acids is 1. The maximum Gasteiger partial charge on any atom is 0.271 e. The summed E-state index contributed by atoms with van der Waals surface area (Å²) in [5.74, 6) is -0.126. The Hall–Kier alpha value is -0.940. The van der Waals surface area contributed by atoms with Crippen LogP contribution in [-0.2, 0) is 0 Å². The normalized spacial score (nSPS) is 11.5. The molecule has 3 N–H and O–H groups in total. The molecule has 0 aromatic carbocycles. The highest BCUT2D eigenvalue weighted by Gasteiger charge is 2.27. The van der Waals surface area contributed by atoms with E-state index in [0.717, 1.165) is 17.8 Å². The Morgan fingerprint density at radius 2 is 2.19 bits per heavy atom. The molecule has 0 aliphatic heterocycles. The molecule has 0 unspecified atom stereocenters. The highest BCUT2D eigenvalue weighted by molar-refractivity contribution is 7.09. The number of carbonyl (C=O) groups is 1. The Balaban J connectivity index is 2.76. The third kappa shape index (κ3) is 2.80. The van der Waals surface area contributed by atoms with Crippen LogP contribution in [0.5, 0.6) is 0 Å². The zero-order chi connectivity index (χ0) is 12.2. The van der Waals surface area contributed by atoms with Gasteiger partial charge in [-0.05, 0) is 19.8 Å². The van der Waals surface area contributed by atoms with Crippen molar-refractivity contribution in [3.63, 3.8) is 0 Å². The molecule has 0 saturated heterocycles. The van der Waals surface area contributed by atoms with E-state index in [1.807, 2.05) is 20.8 Å². The Morgan fingerprint density at radius 1 is 1.56 bits per heavy atom. The molecule has 0 bridgehead atoms. The van der Waals surface area contributed by atoms with E-state index < -0.39 is 0 Å². The lowest BCUT2D eigenvalue weighted by Crippen LogP contribution is -2.52. The van der Waals surface area contributed by atoms with Gasteiger partial charge in [0.1, 0.15) is 5.69 Å². The van der Waals surface area contributed by atoms with Crippen LogP contribution in [0.25, 0.3) is 0 Å². The average Bonchev–Trinajstić information content (AvgIpc) is 2.73. The highest BCUT2D eigenvalue weighted by Crippen LogP contribution is 2.15. The number of nitrogens with one attached hydrogen (secondary N) is 1. The van der Waals surface area contributed by atoms with Crippen molar-refractivity contribution in [2.75, 3.05) is 6.54 Å². The van der Waals surface area contributed by atoms with Crippen LogP contribution in [0.4, 0.5) is 0 Å². The Kier molecular flexibility index (Phi) is 4.44. The van der Waals surface area contributed by atoms with Gasteiger partial charge in [-0.1, -0.05) is 13.8 Å². The largest absolute Gasteiger partial charge is 0.344 e. The fraction of sp³-hybridized carbons (Fsp3) is 0.636. The number of nitrogens with two attached hydrogens (primary N) is 1. The molecule has 1 heterocycles. The first-order chi connectivity index (χ1) is 7.56. The molecule has 1 rings (SSSR count). The third-order valence-corrected chi connectivity index (χ3v) is 3.75. The van der Waals surface area contributed by atoms with Crippen molar-refractivity contribution >= 4 is 17.2 Å². The number of rotatable bonds is 5. The summed E-state index contributed by atoms with van der Waals surface area (Å²) in [5, 5.41) is 5.66. The van der Waals surface area contributed by atoms with Gasteiger partial charge in [0.25, 0.3) is 5.91 Å². The van der Waals surface area contributed by atoms with Crippen LogP contribution in [0, 0.1) is 6.92 Å². The van der Waals surface area contributed by atoms with E-state index in [1.54, 1.807) is 5.38 Å². The van der Waals surface area contributed by atoms with Crippen molar-refractivity contribution in [1.82, 2.24) is 10.3 Å². The van der Waals surface area contributed by atoms with Gasteiger partial charge >= 0.3 is 0 Å². The maximum absolute atomic E-state index is 11.9. The van der Waals surface area contributed by atoms with Gasteiger partial charge in [0.2, 0.25) is 0 Å². The highest BCUT2D eigenvalue weighted by atomic mass is 32.1. The molecule has 5 heteroatoms. The molecule has 1 aromatic rings. The molecule has 1 aromatic heterocycles. The van der Waals surface area contributed by atoms with E-state index in [9.17, 15) is 4.79 Å².